The molecule has 0 aliphatic carbocycles. The number of nitrogens with one attached hydrogen (secondary N) is 1. The van der Waals surface area contributed by atoms with Crippen LogP contribution in [0.1, 0.15) is 36.8 Å². The third-order valence-corrected chi connectivity index (χ3v) is 2.99. The molecule has 1 aliphatic heterocycles. The smallest absolute Gasteiger partial charge is 0.410 e. The summed E-state index contributed by atoms with van der Waals surface area (Å²) in [4.78, 5) is 25.4. The van der Waals surface area contributed by atoms with Crippen molar-refractivity contribution in [2.45, 2.75) is 39.5 Å². The second-order valence-corrected chi connectivity index (χ2v) is 5.71. The minimum atomic E-state index is -0.529. The number of amides is 2. The first-order chi connectivity index (χ1) is 9.31. The number of rotatable bonds is 1. The van der Waals surface area contributed by atoms with Gasteiger partial charge in [-0.3, -0.25) is 9.48 Å². The maximum Gasteiger partial charge on any atom is 0.410 e. The molecule has 7 nitrogen and oxygen atoms in total. The molecular formula is C13H20N4O3. The predicted octanol–water partition coefficient (Wildman–Crippen LogP) is 0.993. The van der Waals surface area contributed by atoms with E-state index in [2.05, 4.69) is 10.4 Å². The van der Waals surface area contributed by atoms with Crippen molar-refractivity contribution in [3.8, 4) is 0 Å². The van der Waals surface area contributed by atoms with Crippen LogP contribution in [0.3, 0.4) is 0 Å². The van der Waals surface area contributed by atoms with E-state index in [0.717, 1.165) is 5.69 Å². The Bertz CT molecular complexity index is 530. The van der Waals surface area contributed by atoms with E-state index in [1.807, 2.05) is 20.8 Å². The van der Waals surface area contributed by atoms with Crippen LogP contribution in [-0.2, 0) is 17.8 Å². The summed E-state index contributed by atoms with van der Waals surface area (Å²) < 4.78 is 7.11. The number of carbonyl (C=O) groups excluding carboxylic acids is 2. The van der Waals surface area contributed by atoms with Crippen LogP contribution in [0.5, 0.6) is 0 Å². The molecule has 7 heteroatoms. The van der Waals surface area contributed by atoms with E-state index in [1.54, 1.807) is 16.6 Å². The summed E-state index contributed by atoms with van der Waals surface area (Å²) in [7, 11) is 1.57. The highest BCUT2D eigenvalue weighted by molar-refractivity contribution is 5.95. The van der Waals surface area contributed by atoms with Gasteiger partial charge in [-0.1, -0.05) is 0 Å². The van der Waals surface area contributed by atoms with Crippen molar-refractivity contribution in [2.75, 3.05) is 13.6 Å². The minimum Gasteiger partial charge on any atom is -0.444 e. The van der Waals surface area contributed by atoms with E-state index in [9.17, 15) is 9.59 Å². The highest BCUT2D eigenvalue weighted by Gasteiger charge is 2.28. The average Bonchev–Trinajstić information content (AvgIpc) is 2.78. The minimum absolute atomic E-state index is 0.197. The zero-order valence-electron chi connectivity index (χ0n) is 12.3. The summed E-state index contributed by atoms with van der Waals surface area (Å²) in [6, 6.07) is 0. The first-order valence-electron chi connectivity index (χ1n) is 6.56. The SMILES string of the molecule is CNC(=O)c1cnn2c1CN(C(=O)OC(C)(C)C)CC2. The standard InChI is InChI=1S/C13H20N4O3/c1-13(2,3)20-12(19)16-5-6-17-10(8-16)9(7-15-17)11(18)14-4/h7H,5-6,8H2,1-4H3,(H,14,18). The molecule has 1 N–H and O–H groups in total. The summed E-state index contributed by atoms with van der Waals surface area (Å²) in [6.07, 6.45) is 1.17. The highest BCUT2D eigenvalue weighted by Crippen LogP contribution is 2.19. The van der Waals surface area contributed by atoms with Crippen LogP contribution in [0.2, 0.25) is 0 Å². The Balaban J connectivity index is 2.15. The number of aromatic nitrogens is 2. The van der Waals surface area contributed by atoms with E-state index in [0.29, 0.717) is 25.2 Å². The van der Waals surface area contributed by atoms with Gasteiger partial charge in [-0.15, -0.1) is 0 Å². The molecule has 0 saturated heterocycles. The molecule has 20 heavy (non-hydrogen) atoms. The van der Waals surface area contributed by atoms with Crippen molar-refractivity contribution in [1.82, 2.24) is 20.0 Å². The maximum absolute atomic E-state index is 12.1. The van der Waals surface area contributed by atoms with Crippen molar-refractivity contribution in [3.63, 3.8) is 0 Å². The second-order valence-electron chi connectivity index (χ2n) is 5.71. The Labute approximate surface area is 117 Å². The molecule has 0 atom stereocenters. The predicted molar refractivity (Wildman–Crippen MR) is 72.3 cm³/mol. The van der Waals surface area contributed by atoms with Gasteiger partial charge in [0.05, 0.1) is 30.5 Å². The summed E-state index contributed by atoms with van der Waals surface area (Å²) in [6.45, 7) is 6.90. The number of nitrogens with zero attached hydrogens (tertiary/aromatic N) is 3. The lowest BCUT2D eigenvalue weighted by molar-refractivity contribution is 0.0193. The van der Waals surface area contributed by atoms with E-state index in [-0.39, 0.29) is 12.0 Å². The molecule has 1 aromatic rings. The number of ether oxygens (including phenoxy) is 1. The van der Waals surface area contributed by atoms with Gasteiger partial charge in [0.2, 0.25) is 0 Å². The lowest BCUT2D eigenvalue weighted by Gasteiger charge is -2.30. The van der Waals surface area contributed by atoms with Gasteiger partial charge in [-0.05, 0) is 20.8 Å². The third-order valence-electron chi connectivity index (χ3n) is 2.99. The first-order valence-corrected chi connectivity index (χ1v) is 6.56. The molecule has 0 radical (unpaired) electrons. The van der Waals surface area contributed by atoms with Gasteiger partial charge in [0.15, 0.2) is 0 Å². The second kappa shape index (κ2) is 5.15. The molecule has 0 spiro atoms. The van der Waals surface area contributed by atoms with Crippen molar-refractivity contribution < 1.29 is 14.3 Å². The topological polar surface area (TPSA) is 76.5 Å². The number of hydrogen-bond acceptors (Lipinski definition) is 4. The molecule has 0 unspecified atom stereocenters. The van der Waals surface area contributed by atoms with Gasteiger partial charge in [0.1, 0.15) is 5.60 Å². The van der Waals surface area contributed by atoms with Crippen molar-refractivity contribution >= 4 is 12.0 Å². The first kappa shape index (κ1) is 14.4. The largest absolute Gasteiger partial charge is 0.444 e. The Morgan fingerprint density at radius 3 is 2.65 bits per heavy atom. The van der Waals surface area contributed by atoms with Crippen LogP contribution in [-0.4, -0.2) is 45.9 Å². The molecule has 0 fully saturated rings. The van der Waals surface area contributed by atoms with Crippen molar-refractivity contribution in [3.05, 3.63) is 17.5 Å². The quantitative estimate of drug-likeness (QED) is 0.832. The Morgan fingerprint density at radius 1 is 1.35 bits per heavy atom. The van der Waals surface area contributed by atoms with Crippen LogP contribution >= 0.6 is 0 Å². The molecule has 1 aliphatic rings. The molecule has 2 rings (SSSR count). The van der Waals surface area contributed by atoms with Gasteiger partial charge in [-0.2, -0.15) is 5.10 Å². The zero-order chi connectivity index (χ0) is 14.9. The van der Waals surface area contributed by atoms with E-state index in [4.69, 9.17) is 4.74 Å². The van der Waals surface area contributed by atoms with Crippen LogP contribution < -0.4 is 5.32 Å². The summed E-state index contributed by atoms with van der Waals surface area (Å²) >= 11 is 0. The van der Waals surface area contributed by atoms with Gasteiger partial charge in [-0.25, -0.2) is 4.79 Å². The van der Waals surface area contributed by atoms with E-state index < -0.39 is 5.60 Å². The van der Waals surface area contributed by atoms with Gasteiger partial charge >= 0.3 is 6.09 Å². The Hall–Kier alpha value is -2.05. The molecule has 0 bridgehead atoms. The fourth-order valence-electron chi connectivity index (χ4n) is 2.05. The van der Waals surface area contributed by atoms with Crippen molar-refractivity contribution in [2.24, 2.45) is 0 Å². The molecule has 2 amide bonds. The van der Waals surface area contributed by atoms with E-state index in [1.165, 1.54) is 6.20 Å². The summed E-state index contributed by atoms with van der Waals surface area (Å²) in [5.74, 6) is -0.197. The lowest BCUT2D eigenvalue weighted by atomic mass is 10.2. The molecule has 0 saturated carbocycles. The van der Waals surface area contributed by atoms with Gasteiger partial charge in [0, 0.05) is 13.6 Å². The zero-order valence-corrected chi connectivity index (χ0v) is 12.3. The maximum atomic E-state index is 12.1. The van der Waals surface area contributed by atoms with Crippen LogP contribution in [0.4, 0.5) is 4.79 Å². The number of hydrogen-bond donors (Lipinski definition) is 1. The fraction of sp³-hybridized carbons (Fsp3) is 0.615. The molecular weight excluding hydrogens is 260 g/mol. The van der Waals surface area contributed by atoms with E-state index >= 15 is 0 Å². The van der Waals surface area contributed by atoms with Crippen LogP contribution in [0.25, 0.3) is 0 Å². The fourth-order valence-corrected chi connectivity index (χ4v) is 2.05. The van der Waals surface area contributed by atoms with Gasteiger partial charge in [0.25, 0.3) is 5.91 Å². The third kappa shape index (κ3) is 2.92. The molecule has 110 valence electrons. The molecule has 1 aromatic heterocycles. The number of carbonyl (C=O) groups is 2. The normalized spacial score (nSPS) is 14.7. The number of fused-ring (bicyclic) bond motifs is 1. The van der Waals surface area contributed by atoms with Gasteiger partial charge < -0.3 is 15.0 Å². The summed E-state index contributed by atoms with van der Waals surface area (Å²) in [5.41, 5.74) is 0.709. The highest BCUT2D eigenvalue weighted by atomic mass is 16.6. The molecule has 0 aromatic carbocycles. The van der Waals surface area contributed by atoms with Crippen molar-refractivity contribution in [1.29, 1.82) is 0 Å². The average molecular weight is 280 g/mol. The van der Waals surface area contributed by atoms with Crippen LogP contribution in [0, 0.1) is 0 Å². The Kier molecular flexibility index (Phi) is 3.69. The summed E-state index contributed by atoms with van der Waals surface area (Å²) in [5, 5.41) is 6.74. The van der Waals surface area contributed by atoms with Crippen LogP contribution in [0.15, 0.2) is 6.20 Å². The monoisotopic (exact) mass is 280 g/mol. The molecule has 2 heterocycles. The Morgan fingerprint density at radius 2 is 2.05 bits per heavy atom. The lowest BCUT2D eigenvalue weighted by Crippen LogP contribution is -2.42.